The summed E-state index contributed by atoms with van der Waals surface area (Å²) >= 11 is 3.19. The first-order chi connectivity index (χ1) is 16.6. The van der Waals surface area contributed by atoms with Crippen LogP contribution in [-0.2, 0) is 17.8 Å². The number of hydrogen-bond acceptors (Lipinski definition) is 5. The number of thiophene rings is 1. The number of thiazole rings is 1. The van der Waals surface area contributed by atoms with Crippen LogP contribution in [0.25, 0.3) is 10.1 Å². The number of carbonyl (C=O) groups excluding carboxylic acids is 2. The van der Waals surface area contributed by atoms with E-state index < -0.39 is 0 Å². The van der Waals surface area contributed by atoms with Crippen molar-refractivity contribution in [1.29, 1.82) is 0 Å². The second kappa shape index (κ2) is 10.0. The quantitative estimate of drug-likeness (QED) is 0.393. The Balaban J connectivity index is 1.13. The molecule has 2 aromatic heterocycles. The van der Waals surface area contributed by atoms with E-state index in [0.717, 1.165) is 29.0 Å². The molecule has 3 heterocycles. The maximum absolute atomic E-state index is 13.1. The molecule has 0 saturated carbocycles. The zero-order chi connectivity index (χ0) is 23.5. The maximum atomic E-state index is 13.1. The van der Waals surface area contributed by atoms with Gasteiger partial charge in [-0.05, 0) is 52.9 Å². The Morgan fingerprint density at radius 1 is 1.03 bits per heavy atom. The smallest absolute Gasteiger partial charge is 0.271 e. The van der Waals surface area contributed by atoms with Crippen LogP contribution in [-0.4, -0.2) is 34.8 Å². The van der Waals surface area contributed by atoms with Crippen molar-refractivity contribution in [3.63, 3.8) is 0 Å². The lowest BCUT2D eigenvalue weighted by Gasteiger charge is -2.31. The van der Waals surface area contributed by atoms with Gasteiger partial charge in [0.25, 0.3) is 5.91 Å². The Morgan fingerprint density at radius 2 is 1.79 bits per heavy atom. The molecular weight excluding hydrogens is 469 g/mol. The number of aromatic nitrogens is 1. The van der Waals surface area contributed by atoms with Gasteiger partial charge in [0.1, 0.15) is 11.5 Å². The van der Waals surface area contributed by atoms with Crippen LogP contribution in [0.2, 0.25) is 0 Å². The average molecular weight is 494 g/mol. The van der Waals surface area contributed by atoms with Gasteiger partial charge in [0.15, 0.2) is 0 Å². The van der Waals surface area contributed by atoms with Crippen molar-refractivity contribution < 1.29 is 14.0 Å². The van der Waals surface area contributed by atoms with Gasteiger partial charge in [-0.1, -0.05) is 30.3 Å². The number of halogens is 1. The number of rotatable bonds is 6. The van der Waals surface area contributed by atoms with E-state index in [1.54, 1.807) is 23.5 Å². The monoisotopic (exact) mass is 493 g/mol. The molecule has 0 unspecified atom stereocenters. The first-order valence-corrected chi connectivity index (χ1v) is 13.0. The molecule has 1 aliphatic rings. The fraction of sp³-hybridized carbons (Fsp3) is 0.269. The average Bonchev–Trinajstić information content (AvgIpc) is 3.52. The van der Waals surface area contributed by atoms with Crippen LogP contribution in [0.3, 0.4) is 0 Å². The molecule has 1 fully saturated rings. The summed E-state index contributed by atoms with van der Waals surface area (Å²) in [7, 11) is 0. The normalized spacial score (nSPS) is 14.4. The summed E-state index contributed by atoms with van der Waals surface area (Å²) in [4.78, 5) is 31.8. The fourth-order valence-electron chi connectivity index (χ4n) is 4.28. The highest BCUT2D eigenvalue weighted by Gasteiger charge is 2.26. The molecule has 2 amide bonds. The highest BCUT2D eigenvalue weighted by atomic mass is 32.1. The Hall–Kier alpha value is -3.10. The molecule has 0 aliphatic carbocycles. The molecule has 0 bridgehead atoms. The third-order valence-electron chi connectivity index (χ3n) is 6.22. The number of piperidine rings is 1. The fourth-order valence-corrected chi connectivity index (χ4v) is 6.21. The van der Waals surface area contributed by atoms with Gasteiger partial charge >= 0.3 is 0 Å². The van der Waals surface area contributed by atoms with E-state index >= 15 is 0 Å². The second-order valence-corrected chi connectivity index (χ2v) is 10.3. The molecule has 1 N–H and O–H groups in total. The van der Waals surface area contributed by atoms with Crippen LogP contribution in [0.15, 0.2) is 59.3 Å². The van der Waals surface area contributed by atoms with Crippen LogP contribution in [0.4, 0.5) is 4.39 Å². The van der Waals surface area contributed by atoms with Crippen LogP contribution >= 0.6 is 22.7 Å². The molecule has 1 saturated heterocycles. The summed E-state index contributed by atoms with van der Waals surface area (Å²) in [6, 6.07) is 14.3. The Morgan fingerprint density at radius 3 is 2.59 bits per heavy atom. The maximum Gasteiger partial charge on any atom is 0.271 e. The number of benzene rings is 2. The van der Waals surface area contributed by atoms with Crippen molar-refractivity contribution in [1.82, 2.24) is 15.2 Å². The number of nitrogens with zero attached hydrogens (tertiary/aromatic N) is 2. The van der Waals surface area contributed by atoms with Crippen molar-refractivity contribution in [2.75, 3.05) is 13.1 Å². The summed E-state index contributed by atoms with van der Waals surface area (Å²) in [5.41, 5.74) is 2.39. The third-order valence-corrected chi connectivity index (χ3v) is 8.24. The molecule has 4 aromatic rings. The first-order valence-electron chi connectivity index (χ1n) is 11.3. The molecule has 0 radical (unpaired) electrons. The molecule has 5 rings (SSSR count). The second-order valence-electron chi connectivity index (χ2n) is 8.47. The first kappa shape index (κ1) is 22.7. The van der Waals surface area contributed by atoms with E-state index in [9.17, 15) is 14.0 Å². The van der Waals surface area contributed by atoms with E-state index in [-0.39, 0.29) is 30.0 Å². The zero-order valence-electron chi connectivity index (χ0n) is 18.5. The van der Waals surface area contributed by atoms with Gasteiger partial charge in [-0.25, -0.2) is 9.37 Å². The predicted octanol–water partition coefficient (Wildman–Crippen LogP) is 5.38. The summed E-state index contributed by atoms with van der Waals surface area (Å²) in [5.74, 6) is -0.148. The van der Waals surface area contributed by atoms with Gasteiger partial charge in [-0.2, -0.15) is 0 Å². The lowest BCUT2D eigenvalue weighted by atomic mass is 9.97. The summed E-state index contributed by atoms with van der Waals surface area (Å²) in [5, 5.41) is 9.03. The molecule has 2 aromatic carbocycles. The van der Waals surface area contributed by atoms with Gasteiger partial charge in [0, 0.05) is 35.6 Å². The molecule has 5 nitrogen and oxygen atoms in total. The van der Waals surface area contributed by atoms with E-state index in [4.69, 9.17) is 0 Å². The van der Waals surface area contributed by atoms with Crippen LogP contribution in [0.5, 0.6) is 0 Å². The molecule has 1 aliphatic heterocycles. The van der Waals surface area contributed by atoms with E-state index in [2.05, 4.69) is 27.8 Å². The molecule has 174 valence electrons. The summed E-state index contributed by atoms with van der Waals surface area (Å²) in [6.45, 7) is 1.80. The zero-order valence-corrected chi connectivity index (χ0v) is 20.1. The van der Waals surface area contributed by atoms with Gasteiger partial charge in [0.2, 0.25) is 5.91 Å². The Bertz CT molecular complexity index is 1310. The van der Waals surface area contributed by atoms with Crippen LogP contribution in [0.1, 0.15) is 45.4 Å². The molecule has 8 heteroatoms. The minimum Gasteiger partial charge on any atom is -0.347 e. The van der Waals surface area contributed by atoms with Crippen molar-refractivity contribution in [3.8, 4) is 0 Å². The van der Waals surface area contributed by atoms with Gasteiger partial charge in [0.05, 0.1) is 11.4 Å². The van der Waals surface area contributed by atoms with Gasteiger partial charge < -0.3 is 10.2 Å². The van der Waals surface area contributed by atoms with Crippen molar-refractivity contribution in [2.45, 2.75) is 31.7 Å². The van der Waals surface area contributed by atoms with Crippen LogP contribution in [0, 0.1) is 5.82 Å². The minimum atomic E-state index is -0.298. The molecule has 34 heavy (non-hydrogen) atoms. The van der Waals surface area contributed by atoms with Crippen molar-refractivity contribution in [3.05, 3.63) is 86.9 Å². The van der Waals surface area contributed by atoms with E-state index in [0.29, 0.717) is 25.3 Å². The largest absolute Gasteiger partial charge is 0.347 e. The number of carbonyl (C=O) groups is 2. The van der Waals surface area contributed by atoms with Crippen molar-refractivity contribution >= 4 is 44.6 Å². The van der Waals surface area contributed by atoms with E-state index in [1.165, 1.54) is 33.6 Å². The van der Waals surface area contributed by atoms with E-state index in [1.807, 2.05) is 22.4 Å². The molecular formula is C26H24FN3O2S2. The van der Waals surface area contributed by atoms with Gasteiger partial charge in [-0.3, -0.25) is 9.59 Å². The number of amides is 2. The topological polar surface area (TPSA) is 62.3 Å². The SMILES string of the molecule is O=C(NCc1csc2ccccc12)c1csc(C2CCN(C(=O)Cc3ccc(F)cc3)CC2)n1. The minimum absolute atomic E-state index is 0.0604. The number of fused-ring (bicyclic) bond motifs is 1. The summed E-state index contributed by atoms with van der Waals surface area (Å²) < 4.78 is 14.3. The third kappa shape index (κ3) is 5.03. The lowest BCUT2D eigenvalue weighted by Crippen LogP contribution is -2.38. The van der Waals surface area contributed by atoms with Crippen LogP contribution < -0.4 is 5.32 Å². The highest BCUT2D eigenvalue weighted by Crippen LogP contribution is 2.31. The predicted molar refractivity (Wildman–Crippen MR) is 134 cm³/mol. The highest BCUT2D eigenvalue weighted by molar-refractivity contribution is 7.17. The number of nitrogens with one attached hydrogen (secondary N) is 1. The summed E-state index contributed by atoms with van der Waals surface area (Å²) in [6.07, 6.45) is 1.93. The number of likely N-dealkylation sites (tertiary alicyclic amines) is 1. The Kier molecular flexibility index (Phi) is 6.69. The van der Waals surface area contributed by atoms with Gasteiger partial charge in [-0.15, -0.1) is 22.7 Å². The number of hydrogen-bond donors (Lipinski definition) is 1. The molecule has 0 atom stereocenters. The standard InChI is InChI=1S/C26H24FN3O2S2/c27-20-7-5-17(6-8-20)13-24(31)30-11-9-18(10-12-30)26-29-22(16-34-26)25(32)28-14-19-15-33-23-4-2-1-3-21(19)23/h1-8,15-16,18H,9-14H2,(H,28,32). The molecule has 0 spiro atoms. The Labute approximate surface area is 205 Å². The lowest BCUT2D eigenvalue weighted by molar-refractivity contribution is -0.131. The van der Waals surface area contributed by atoms with Crippen molar-refractivity contribution in [2.24, 2.45) is 0 Å².